The van der Waals surface area contributed by atoms with Gasteiger partial charge in [0.2, 0.25) is 0 Å². The Morgan fingerprint density at radius 1 is 1.32 bits per heavy atom. The fourth-order valence-corrected chi connectivity index (χ4v) is 2.13. The summed E-state index contributed by atoms with van der Waals surface area (Å²) in [5.41, 5.74) is -0.949. The van der Waals surface area contributed by atoms with Gasteiger partial charge in [0.25, 0.3) is 0 Å². The molecule has 0 amide bonds. The predicted octanol–water partition coefficient (Wildman–Crippen LogP) is 0.692. The van der Waals surface area contributed by atoms with Gasteiger partial charge >= 0.3 is 0 Å². The largest absolute Gasteiger partial charge is 0.498 e. The number of anilines is 1. The molecule has 0 aromatic heterocycles. The lowest BCUT2D eigenvalue weighted by molar-refractivity contribution is -0.131. The highest BCUT2D eigenvalue weighted by molar-refractivity contribution is 5.99. The number of hydrogen-bond donors (Lipinski definition) is 3. The summed E-state index contributed by atoms with van der Waals surface area (Å²) in [5, 5.41) is 23.3. The van der Waals surface area contributed by atoms with Crippen molar-refractivity contribution in [1.82, 2.24) is 0 Å². The molecule has 0 saturated heterocycles. The standard InChI is InChI=1S/C14H17NO4/c1-14(18)12(15-9-6-4-3-5-7-9)10(16)8-11(19-2)13(14)17/h3-8,12-13,15,17-18H,1-2H3/t12-,13-,14+/m0/s1. The molecule has 0 bridgehead atoms. The molecule has 0 radical (unpaired) electrons. The molecule has 1 aromatic rings. The third-order valence-electron chi connectivity index (χ3n) is 3.30. The van der Waals surface area contributed by atoms with E-state index in [1.165, 1.54) is 20.1 Å². The van der Waals surface area contributed by atoms with Crippen LogP contribution in [-0.2, 0) is 9.53 Å². The van der Waals surface area contributed by atoms with Crippen LogP contribution in [0.3, 0.4) is 0 Å². The van der Waals surface area contributed by atoms with Gasteiger partial charge in [-0.25, -0.2) is 0 Å². The van der Waals surface area contributed by atoms with Gasteiger partial charge in [-0.3, -0.25) is 4.79 Å². The fraction of sp³-hybridized carbons (Fsp3) is 0.357. The van der Waals surface area contributed by atoms with Crippen molar-refractivity contribution in [3.8, 4) is 0 Å². The highest BCUT2D eigenvalue weighted by atomic mass is 16.5. The highest BCUT2D eigenvalue weighted by Crippen LogP contribution is 2.29. The summed E-state index contributed by atoms with van der Waals surface area (Å²) in [7, 11) is 1.35. The number of benzene rings is 1. The van der Waals surface area contributed by atoms with E-state index in [0.717, 1.165) is 0 Å². The van der Waals surface area contributed by atoms with E-state index in [1.54, 1.807) is 12.1 Å². The Hall–Kier alpha value is -1.85. The van der Waals surface area contributed by atoms with Crippen LogP contribution in [0.2, 0.25) is 0 Å². The summed E-state index contributed by atoms with van der Waals surface area (Å²) in [4.78, 5) is 12.0. The first-order chi connectivity index (χ1) is 8.96. The average Bonchev–Trinajstić information content (AvgIpc) is 2.40. The van der Waals surface area contributed by atoms with Crippen LogP contribution in [-0.4, -0.2) is 40.9 Å². The molecule has 1 aromatic carbocycles. The fourth-order valence-electron chi connectivity index (χ4n) is 2.13. The van der Waals surface area contributed by atoms with Gasteiger partial charge in [0.15, 0.2) is 5.78 Å². The molecule has 5 heteroatoms. The number of hydrogen-bond acceptors (Lipinski definition) is 5. The lowest BCUT2D eigenvalue weighted by Gasteiger charge is -2.39. The smallest absolute Gasteiger partial charge is 0.184 e. The molecule has 3 atom stereocenters. The summed E-state index contributed by atoms with van der Waals surface area (Å²) in [6, 6.07) is 8.12. The molecule has 0 fully saturated rings. The van der Waals surface area contributed by atoms with Gasteiger partial charge < -0.3 is 20.3 Å². The second-order valence-corrected chi connectivity index (χ2v) is 4.72. The average molecular weight is 263 g/mol. The van der Waals surface area contributed by atoms with Crippen molar-refractivity contribution in [3.63, 3.8) is 0 Å². The predicted molar refractivity (Wildman–Crippen MR) is 70.6 cm³/mol. The van der Waals surface area contributed by atoms with E-state index in [2.05, 4.69) is 5.32 Å². The van der Waals surface area contributed by atoms with Crippen LogP contribution in [0, 0.1) is 0 Å². The number of carbonyl (C=O) groups is 1. The molecule has 1 aliphatic rings. The molecule has 0 spiro atoms. The molecule has 102 valence electrons. The van der Waals surface area contributed by atoms with Gasteiger partial charge in [0, 0.05) is 11.8 Å². The number of methoxy groups -OCH3 is 1. The summed E-state index contributed by atoms with van der Waals surface area (Å²) in [6.07, 6.45) is -0.0418. The van der Waals surface area contributed by atoms with E-state index in [9.17, 15) is 15.0 Å². The molecule has 2 rings (SSSR count). The Bertz CT molecular complexity index is 495. The van der Waals surface area contributed by atoms with Gasteiger partial charge in [-0.15, -0.1) is 0 Å². The lowest BCUT2D eigenvalue weighted by atomic mass is 9.81. The number of aliphatic hydroxyl groups is 2. The van der Waals surface area contributed by atoms with Crippen molar-refractivity contribution in [2.75, 3.05) is 12.4 Å². The van der Waals surface area contributed by atoms with Crippen molar-refractivity contribution in [1.29, 1.82) is 0 Å². The normalized spacial score (nSPS) is 30.7. The van der Waals surface area contributed by atoms with E-state index < -0.39 is 17.7 Å². The molecule has 1 aliphatic carbocycles. The van der Waals surface area contributed by atoms with E-state index in [0.29, 0.717) is 5.69 Å². The SMILES string of the molecule is COC1=CC(=O)[C@H](Nc2ccccc2)[C@@](C)(O)[C@H]1O. The van der Waals surface area contributed by atoms with Crippen molar-refractivity contribution in [2.24, 2.45) is 0 Å². The maximum atomic E-state index is 12.0. The van der Waals surface area contributed by atoms with Crippen LogP contribution in [0.5, 0.6) is 0 Å². The minimum absolute atomic E-state index is 0.0705. The Kier molecular flexibility index (Phi) is 3.59. The molecule has 3 N–H and O–H groups in total. The van der Waals surface area contributed by atoms with Gasteiger partial charge in [-0.2, -0.15) is 0 Å². The molecule has 19 heavy (non-hydrogen) atoms. The van der Waals surface area contributed by atoms with E-state index in [4.69, 9.17) is 4.74 Å². The number of nitrogens with one attached hydrogen (secondary N) is 1. The minimum Gasteiger partial charge on any atom is -0.498 e. The van der Waals surface area contributed by atoms with Crippen molar-refractivity contribution >= 4 is 11.5 Å². The number of carbonyl (C=O) groups excluding carboxylic acids is 1. The van der Waals surface area contributed by atoms with Gasteiger partial charge in [-0.1, -0.05) is 18.2 Å². The Morgan fingerprint density at radius 3 is 2.53 bits per heavy atom. The quantitative estimate of drug-likeness (QED) is 0.748. The molecular weight excluding hydrogens is 246 g/mol. The highest BCUT2D eigenvalue weighted by Gasteiger charge is 2.48. The number of ketones is 1. The topological polar surface area (TPSA) is 78.8 Å². The van der Waals surface area contributed by atoms with E-state index in [1.807, 2.05) is 18.2 Å². The molecule has 0 heterocycles. The van der Waals surface area contributed by atoms with Crippen molar-refractivity contribution < 1.29 is 19.7 Å². The first-order valence-electron chi connectivity index (χ1n) is 5.98. The zero-order valence-corrected chi connectivity index (χ0v) is 10.8. The molecule has 0 saturated carbocycles. The van der Waals surface area contributed by atoms with Crippen molar-refractivity contribution in [2.45, 2.75) is 24.7 Å². The zero-order valence-electron chi connectivity index (χ0n) is 10.8. The Morgan fingerprint density at radius 2 is 1.95 bits per heavy atom. The van der Waals surface area contributed by atoms with Crippen LogP contribution in [0.15, 0.2) is 42.2 Å². The first-order valence-corrected chi connectivity index (χ1v) is 5.98. The second kappa shape index (κ2) is 5.03. The van der Waals surface area contributed by atoms with Crippen LogP contribution in [0.4, 0.5) is 5.69 Å². The van der Waals surface area contributed by atoms with Crippen LogP contribution >= 0.6 is 0 Å². The maximum absolute atomic E-state index is 12.0. The van der Waals surface area contributed by atoms with Crippen molar-refractivity contribution in [3.05, 3.63) is 42.2 Å². The summed E-state index contributed by atoms with van der Waals surface area (Å²) >= 11 is 0. The van der Waals surface area contributed by atoms with E-state index >= 15 is 0 Å². The lowest BCUT2D eigenvalue weighted by Crippen LogP contribution is -2.59. The summed E-state index contributed by atoms with van der Waals surface area (Å²) < 4.78 is 4.91. The van der Waals surface area contributed by atoms with Crippen LogP contribution < -0.4 is 5.32 Å². The molecule has 5 nitrogen and oxygen atoms in total. The molecule has 0 aliphatic heterocycles. The summed E-state index contributed by atoms with van der Waals surface area (Å²) in [6.45, 7) is 1.40. The third-order valence-corrected chi connectivity index (χ3v) is 3.30. The molecule has 0 unspecified atom stereocenters. The van der Waals surface area contributed by atoms with Gasteiger partial charge in [0.05, 0.1) is 7.11 Å². The second-order valence-electron chi connectivity index (χ2n) is 4.72. The Balaban J connectivity index is 2.30. The molecular formula is C14H17NO4. The van der Waals surface area contributed by atoms with Crippen LogP contribution in [0.1, 0.15) is 6.92 Å². The number of aliphatic hydroxyl groups excluding tert-OH is 1. The number of ether oxygens (including phenoxy) is 1. The van der Waals surface area contributed by atoms with Crippen LogP contribution in [0.25, 0.3) is 0 Å². The minimum atomic E-state index is -1.65. The summed E-state index contributed by atoms with van der Waals surface area (Å²) in [5.74, 6) is -0.267. The monoisotopic (exact) mass is 263 g/mol. The third kappa shape index (κ3) is 2.47. The van der Waals surface area contributed by atoms with Gasteiger partial charge in [0.1, 0.15) is 23.5 Å². The number of para-hydroxylation sites is 1. The van der Waals surface area contributed by atoms with E-state index in [-0.39, 0.29) is 11.5 Å². The van der Waals surface area contributed by atoms with Gasteiger partial charge in [-0.05, 0) is 19.1 Å². The number of rotatable bonds is 3. The Labute approximate surface area is 111 Å². The maximum Gasteiger partial charge on any atom is 0.184 e. The zero-order chi connectivity index (χ0) is 14.0. The first kappa shape index (κ1) is 13.6.